The maximum atomic E-state index is 13.5. The SMILES string of the molecule is CCNC(=O)COc1ccc2c(c1)C(c1ccc(C)cc1)N(C(=O)C1CCCC1)CC2. The van der Waals surface area contributed by atoms with Crippen LogP contribution >= 0.6 is 0 Å². The standard InChI is InChI=1S/C26H32N2O3/c1-3-27-24(29)17-31-22-13-12-19-14-15-28(26(30)21-6-4-5-7-21)25(23(19)16-22)20-10-8-18(2)9-11-20/h8-13,16,21,25H,3-7,14-15,17H2,1-2H3,(H,27,29). The van der Waals surface area contributed by atoms with Crippen LogP contribution in [0.4, 0.5) is 0 Å². The van der Waals surface area contributed by atoms with Crippen molar-refractivity contribution in [3.05, 3.63) is 64.7 Å². The highest BCUT2D eigenvalue weighted by molar-refractivity contribution is 5.80. The average molecular weight is 421 g/mol. The van der Waals surface area contributed by atoms with Crippen LogP contribution in [-0.4, -0.2) is 36.4 Å². The second-order valence-corrected chi connectivity index (χ2v) is 8.68. The van der Waals surface area contributed by atoms with E-state index in [2.05, 4.69) is 47.5 Å². The molecule has 164 valence electrons. The van der Waals surface area contributed by atoms with Gasteiger partial charge in [-0.3, -0.25) is 9.59 Å². The molecule has 4 rings (SSSR count). The van der Waals surface area contributed by atoms with Crippen molar-refractivity contribution in [1.29, 1.82) is 0 Å². The molecule has 5 heteroatoms. The minimum absolute atomic E-state index is 0.00740. The van der Waals surface area contributed by atoms with Gasteiger partial charge >= 0.3 is 0 Å². The summed E-state index contributed by atoms with van der Waals surface area (Å²) in [6.45, 7) is 5.28. The summed E-state index contributed by atoms with van der Waals surface area (Å²) in [6.07, 6.45) is 5.13. The van der Waals surface area contributed by atoms with Crippen LogP contribution in [0.2, 0.25) is 0 Å². The molecule has 5 nitrogen and oxygen atoms in total. The first-order valence-electron chi connectivity index (χ1n) is 11.5. The second-order valence-electron chi connectivity index (χ2n) is 8.68. The lowest BCUT2D eigenvalue weighted by atomic mass is 9.86. The number of nitrogens with zero attached hydrogens (tertiary/aromatic N) is 1. The van der Waals surface area contributed by atoms with Gasteiger partial charge in [0.1, 0.15) is 5.75 Å². The largest absolute Gasteiger partial charge is 0.484 e. The van der Waals surface area contributed by atoms with E-state index in [9.17, 15) is 9.59 Å². The number of hydrogen-bond donors (Lipinski definition) is 1. The minimum Gasteiger partial charge on any atom is -0.484 e. The molecule has 1 heterocycles. The van der Waals surface area contributed by atoms with Crippen molar-refractivity contribution in [2.75, 3.05) is 19.7 Å². The number of ether oxygens (including phenoxy) is 1. The Bertz CT molecular complexity index is 932. The Kier molecular flexibility index (Phi) is 6.59. The Hall–Kier alpha value is -2.82. The number of likely N-dealkylation sites (N-methyl/N-ethyl adjacent to an activating group) is 1. The number of hydrogen-bond acceptors (Lipinski definition) is 3. The molecule has 1 aliphatic carbocycles. The maximum absolute atomic E-state index is 13.5. The first-order chi connectivity index (χ1) is 15.1. The number of benzene rings is 2. The number of carbonyl (C=O) groups is 2. The van der Waals surface area contributed by atoms with Crippen LogP contribution in [0.3, 0.4) is 0 Å². The second kappa shape index (κ2) is 9.54. The Morgan fingerprint density at radius 3 is 2.55 bits per heavy atom. The van der Waals surface area contributed by atoms with Gasteiger partial charge in [-0.25, -0.2) is 0 Å². The van der Waals surface area contributed by atoms with Crippen molar-refractivity contribution >= 4 is 11.8 Å². The molecule has 0 bridgehead atoms. The quantitative estimate of drug-likeness (QED) is 0.763. The maximum Gasteiger partial charge on any atom is 0.257 e. The van der Waals surface area contributed by atoms with Gasteiger partial charge in [-0.05, 0) is 61.9 Å². The third-order valence-corrected chi connectivity index (χ3v) is 6.47. The lowest BCUT2D eigenvalue weighted by Gasteiger charge is -2.39. The lowest BCUT2D eigenvalue weighted by Crippen LogP contribution is -2.43. The third-order valence-electron chi connectivity index (χ3n) is 6.47. The average Bonchev–Trinajstić information content (AvgIpc) is 3.32. The summed E-state index contributed by atoms with van der Waals surface area (Å²) >= 11 is 0. The molecule has 1 N–H and O–H groups in total. The summed E-state index contributed by atoms with van der Waals surface area (Å²) in [4.78, 5) is 27.4. The number of amides is 2. The summed E-state index contributed by atoms with van der Waals surface area (Å²) in [5.74, 6) is 0.958. The van der Waals surface area contributed by atoms with Gasteiger partial charge in [0.05, 0.1) is 6.04 Å². The molecule has 1 saturated carbocycles. The molecule has 2 aliphatic rings. The predicted octanol–water partition coefficient (Wildman–Crippen LogP) is 4.17. The van der Waals surface area contributed by atoms with Crippen molar-refractivity contribution in [2.24, 2.45) is 5.92 Å². The van der Waals surface area contributed by atoms with Gasteiger partial charge in [0.2, 0.25) is 5.91 Å². The fraction of sp³-hybridized carbons (Fsp3) is 0.462. The first-order valence-corrected chi connectivity index (χ1v) is 11.5. The molecule has 1 fully saturated rings. The van der Waals surface area contributed by atoms with E-state index in [4.69, 9.17) is 4.74 Å². The molecule has 2 aromatic carbocycles. The molecule has 1 aliphatic heterocycles. The molecular formula is C26H32N2O3. The van der Waals surface area contributed by atoms with Crippen molar-refractivity contribution in [3.63, 3.8) is 0 Å². The molecule has 1 atom stereocenters. The van der Waals surface area contributed by atoms with Gasteiger partial charge in [-0.2, -0.15) is 0 Å². The van der Waals surface area contributed by atoms with Gasteiger partial charge in [0.25, 0.3) is 5.91 Å². The number of fused-ring (bicyclic) bond motifs is 1. The van der Waals surface area contributed by atoms with Crippen molar-refractivity contribution in [1.82, 2.24) is 10.2 Å². The summed E-state index contributed by atoms with van der Waals surface area (Å²) < 4.78 is 5.77. The molecule has 0 spiro atoms. The van der Waals surface area contributed by atoms with Gasteiger partial charge in [0, 0.05) is 19.0 Å². The van der Waals surface area contributed by atoms with Crippen LogP contribution in [-0.2, 0) is 16.0 Å². The Labute approximate surface area is 184 Å². The molecular weight excluding hydrogens is 388 g/mol. The molecule has 2 aromatic rings. The van der Waals surface area contributed by atoms with Crippen molar-refractivity contribution in [3.8, 4) is 5.75 Å². The summed E-state index contributed by atoms with van der Waals surface area (Å²) in [5.41, 5.74) is 4.67. The van der Waals surface area contributed by atoms with E-state index in [1.807, 2.05) is 19.1 Å². The summed E-state index contributed by atoms with van der Waals surface area (Å²) in [6, 6.07) is 14.4. The summed E-state index contributed by atoms with van der Waals surface area (Å²) in [5, 5.41) is 2.75. The number of aryl methyl sites for hydroxylation is 1. The van der Waals surface area contributed by atoms with E-state index in [1.54, 1.807) is 0 Å². The van der Waals surface area contributed by atoms with E-state index >= 15 is 0 Å². The van der Waals surface area contributed by atoms with E-state index in [-0.39, 0.29) is 30.4 Å². The van der Waals surface area contributed by atoms with Crippen LogP contribution < -0.4 is 10.1 Å². The van der Waals surface area contributed by atoms with Crippen LogP contribution in [0, 0.1) is 12.8 Å². The van der Waals surface area contributed by atoms with Gasteiger partial charge in [0.15, 0.2) is 6.61 Å². The Morgan fingerprint density at radius 2 is 1.84 bits per heavy atom. The van der Waals surface area contributed by atoms with Gasteiger partial charge in [-0.1, -0.05) is 48.7 Å². The Balaban J connectivity index is 1.67. The zero-order valence-corrected chi connectivity index (χ0v) is 18.5. The van der Waals surface area contributed by atoms with E-state index in [0.29, 0.717) is 12.3 Å². The third kappa shape index (κ3) is 4.76. The van der Waals surface area contributed by atoms with Crippen LogP contribution in [0.5, 0.6) is 5.75 Å². The fourth-order valence-corrected chi connectivity index (χ4v) is 4.83. The predicted molar refractivity (Wildman–Crippen MR) is 121 cm³/mol. The first kappa shape index (κ1) is 21.4. The van der Waals surface area contributed by atoms with Crippen LogP contribution in [0.15, 0.2) is 42.5 Å². The topological polar surface area (TPSA) is 58.6 Å². The van der Waals surface area contributed by atoms with E-state index in [0.717, 1.165) is 49.8 Å². The zero-order chi connectivity index (χ0) is 21.8. The van der Waals surface area contributed by atoms with Gasteiger partial charge in [-0.15, -0.1) is 0 Å². The number of carbonyl (C=O) groups excluding carboxylic acids is 2. The smallest absolute Gasteiger partial charge is 0.257 e. The molecule has 2 amide bonds. The monoisotopic (exact) mass is 420 g/mol. The number of rotatable bonds is 6. The molecule has 0 aromatic heterocycles. The normalized spacial score (nSPS) is 18.5. The molecule has 31 heavy (non-hydrogen) atoms. The highest BCUT2D eigenvalue weighted by Crippen LogP contribution is 2.39. The van der Waals surface area contributed by atoms with E-state index in [1.165, 1.54) is 11.1 Å². The fourth-order valence-electron chi connectivity index (χ4n) is 4.83. The van der Waals surface area contributed by atoms with Crippen LogP contribution in [0.25, 0.3) is 0 Å². The van der Waals surface area contributed by atoms with Crippen molar-refractivity contribution < 1.29 is 14.3 Å². The van der Waals surface area contributed by atoms with Gasteiger partial charge < -0.3 is 15.0 Å². The number of nitrogens with one attached hydrogen (secondary N) is 1. The minimum atomic E-state index is -0.131. The molecule has 1 unspecified atom stereocenters. The van der Waals surface area contributed by atoms with E-state index < -0.39 is 0 Å². The highest BCUT2D eigenvalue weighted by Gasteiger charge is 2.36. The summed E-state index contributed by atoms with van der Waals surface area (Å²) in [7, 11) is 0. The molecule has 0 radical (unpaired) electrons. The zero-order valence-electron chi connectivity index (χ0n) is 18.5. The lowest BCUT2D eigenvalue weighted by molar-refractivity contribution is -0.137. The van der Waals surface area contributed by atoms with Crippen LogP contribution in [0.1, 0.15) is 60.9 Å². The van der Waals surface area contributed by atoms with Crippen molar-refractivity contribution in [2.45, 2.75) is 52.0 Å². The highest BCUT2D eigenvalue weighted by atomic mass is 16.5. The Morgan fingerprint density at radius 1 is 1.10 bits per heavy atom. The molecule has 0 saturated heterocycles.